The van der Waals surface area contributed by atoms with Crippen molar-refractivity contribution in [1.29, 1.82) is 0 Å². The average molecular weight is 301 g/mol. The van der Waals surface area contributed by atoms with E-state index in [4.69, 9.17) is 4.42 Å². The second-order valence-corrected chi connectivity index (χ2v) is 4.81. The van der Waals surface area contributed by atoms with E-state index in [9.17, 15) is 4.79 Å². The number of benzene rings is 2. The van der Waals surface area contributed by atoms with Crippen LogP contribution in [0.3, 0.4) is 0 Å². The smallest absolute Gasteiger partial charge is 0.193 e. The second kappa shape index (κ2) is 4.42. The number of halogens is 1. The Hall–Kier alpha value is -1.87. The Morgan fingerprint density at radius 1 is 0.944 bits per heavy atom. The number of fused-ring (bicyclic) bond motifs is 1. The largest absolute Gasteiger partial charge is 0.456 e. The molecule has 2 aromatic carbocycles. The van der Waals surface area contributed by atoms with Crippen LogP contribution in [0.15, 0.2) is 68.3 Å². The van der Waals surface area contributed by atoms with Crippen LogP contribution in [-0.4, -0.2) is 0 Å². The number of para-hydroxylation sites is 1. The third kappa shape index (κ3) is 1.87. The highest BCUT2D eigenvalue weighted by molar-refractivity contribution is 9.10. The van der Waals surface area contributed by atoms with Crippen LogP contribution < -0.4 is 5.43 Å². The van der Waals surface area contributed by atoms with Crippen molar-refractivity contribution in [2.45, 2.75) is 0 Å². The first-order valence-electron chi connectivity index (χ1n) is 5.53. The van der Waals surface area contributed by atoms with Gasteiger partial charge in [-0.15, -0.1) is 0 Å². The van der Waals surface area contributed by atoms with Gasteiger partial charge in [-0.2, -0.15) is 0 Å². The molecule has 3 aromatic rings. The first-order chi connectivity index (χ1) is 8.75. The zero-order valence-corrected chi connectivity index (χ0v) is 11.0. The molecule has 0 radical (unpaired) electrons. The highest BCUT2D eigenvalue weighted by atomic mass is 79.9. The van der Waals surface area contributed by atoms with Crippen molar-refractivity contribution in [3.63, 3.8) is 0 Å². The third-order valence-electron chi connectivity index (χ3n) is 2.77. The van der Waals surface area contributed by atoms with Crippen LogP contribution in [0.4, 0.5) is 0 Å². The normalized spacial score (nSPS) is 10.7. The predicted octanol–water partition coefficient (Wildman–Crippen LogP) is 4.22. The third-order valence-corrected chi connectivity index (χ3v) is 3.47. The molecular weight excluding hydrogens is 292 g/mol. The summed E-state index contributed by atoms with van der Waals surface area (Å²) in [6, 6.07) is 16.5. The molecule has 3 rings (SSSR count). The number of hydrogen-bond donors (Lipinski definition) is 0. The maximum atomic E-state index is 12.0. The van der Waals surface area contributed by atoms with E-state index in [1.54, 1.807) is 12.1 Å². The lowest BCUT2D eigenvalue weighted by molar-refractivity contribution is 0.618. The molecule has 0 bridgehead atoms. The molecule has 0 aliphatic heterocycles. The van der Waals surface area contributed by atoms with Gasteiger partial charge in [0.05, 0.1) is 5.39 Å². The highest BCUT2D eigenvalue weighted by Gasteiger charge is 2.08. The van der Waals surface area contributed by atoms with Crippen molar-refractivity contribution < 1.29 is 4.42 Å². The second-order valence-electron chi connectivity index (χ2n) is 3.95. The summed E-state index contributed by atoms with van der Waals surface area (Å²) in [5.41, 5.74) is 1.46. The van der Waals surface area contributed by atoms with Gasteiger partial charge in [0.2, 0.25) is 0 Å². The molecule has 0 aliphatic carbocycles. The van der Waals surface area contributed by atoms with Crippen molar-refractivity contribution in [3.8, 4) is 11.3 Å². The Balaban J connectivity index is 2.32. The van der Waals surface area contributed by atoms with E-state index in [0.717, 1.165) is 10.0 Å². The lowest BCUT2D eigenvalue weighted by Gasteiger charge is -2.04. The van der Waals surface area contributed by atoms with Gasteiger partial charge >= 0.3 is 0 Å². The van der Waals surface area contributed by atoms with Gasteiger partial charge in [0, 0.05) is 16.1 Å². The van der Waals surface area contributed by atoms with Crippen LogP contribution in [0.1, 0.15) is 0 Å². The van der Waals surface area contributed by atoms with Crippen LogP contribution in [0.2, 0.25) is 0 Å². The molecule has 1 heterocycles. The summed E-state index contributed by atoms with van der Waals surface area (Å²) in [6.45, 7) is 0. The fourth-order valence-electron chi connectivity index (χ4n) is 1.90. The Morgan fingerprint density at radius 3 is 2.50 bits per heavy atom. The lowest BCUT2D eigenvalue weighted by atomic mass is 10.1. The first-order valence-corrected chi connectivity index (χ1v) is 6.33. The molecule has 0 atom stereocenters. The monoisotopic (exact) mass is 300 g/mol. The Bertz CT molecular complexity index is 775. The summed E-state index contributed by atoms with van der Waals surface area (Å²) in [4.78, 5) is 12.0. The Kier molecular flexibility index (Phi) is 2.76. The summed E-state index contributed by atoms with van der Waals surface area (Å²) < 4.78 is 6.69. The molecule has 0 spiro atoms. The molecule has 18 heavy (non-hydrogen) atoms. The van der Waals surface area contributed by atoms with Crippen molar-refractivity contribution in [2.75, 3.05) is 0 Å². The maximum absolute atomic E-state index is 12.0. The van der Waals surface area contributed by atoms with Crippen molar-refractivity contribution >= 4 is 26.9 Å². The summed E-state index contributed by atoms with van der Waals surface area (Å²) in [5, 5.41) is 0.605. The Morgan fingerprint density at radius 2 is 1.67 bits per heavy atom. The molecule has 0 fully saturated rings. The molecule has 88 valence electrons. The molecule has 0 saturated heterocycles. The van der Waals surface area contributed by atoms with E-state index in [2.05, 4.69) is 15.9 Å². The summed E-state index contributed by atoms with van der Waals surface area (Å²) >= 11 is 3.46. The van der Waals surface area contributed by atoms with Crippen LogP contribution in [0, 0.1) is 0 Å². The van der Waals surface area contributed by atoms with Crippen molar-refractivity contribution in [2.24, 2.45) is 0 Å². The van der Waals surface area contributed by atoms with E-state index in [-0.39, 0.29) is 5.43 Å². The quantitative estimate of drug-likeness (QED) is 0.673. The van der Waals surface area contributed by atoms with Gasteiger partial charge in [-0.25, -0.2) is 0 Å². The molecule has 2 nitrogen and oxygen atoms in total. The molecule has 0 unspecified atom stereocenters. The van der Waals surface area contributed by atoms with E-state index in [0.29, 0.717) is 16.7 Å². The van der Waals surface area contributed by atoms with Gasteiger partial charge in [0.15, 0.2) is 5.43 Å². The van der Waals surface area contributed by atoms with E-state index in [1.807, 2.05) is 36.4 Å². The zero-order valence-electron chi connectivity index (χ0n) is 9.39. The fourth-order valence-corrected chi connectivity index (χ4v) is 2.38. The maximum Gasteiger partial charge on any atom is 0.193 e. The van der Waals surface area contributed by atoms with Crippen LogP contribution in [-0.2, 0) is 0 Å². The van der Waals surface area contributed by atoms with E-state index >= 15 is 0 Å². The lowest BCUT2D eigenvalue weighted by Crippen LogP contribution is -1.99. The first kappa shape index (κ1) is 11.2. The topological polar surface area (TPSA) is 30.2 Å². The zero-order chi connectivity index (χ0) is 12.5. The molecule has 0 amide bonds. The van der Waals surface area contributed by atoms with Crippen molar-refractivity contribution in [3.05, 3.63) is 69.3 Å². The summed E-state index contributed by atoms with van der Waals surface area (Å²) in [7, 11) is 0. The molecule has 1 aromatic heterocycles. The Labute approximate surface area is 112 Å². The minimum Gasteiger partial charge on any atom is -0.456 e. The van der Waals surface area contributed by atoms with Gasteiger partial charge in [0.25, 0.3) is 0 Å². The summed E-state index contributed by atoms with van der Waals surface area (Å²) in [5.74, 6) is 0.575. The minimum absolute atomic E-state index is 0.0254. The number of rotatable bonds is 1. The standard InChI is InChI=1S/C15H9BrO2/c16-12-7-3-1-5-10(12)15-9-13(17)11-6-2-4-8-14(11)18-15/h1-9H. The fraction of sp³-hybridized carbons (Fsp3) is 0. The predicted molar refractivity (Wildman–Crippen MR) is 75.6 cm³/mol. The molecular formula is C15H9BrO2. The van der Waals surface area contributed by atoms with Crippen LogP contribution in [0.5, 0.6) is 0 Å². The molecule has 0 saturated carbocycles. The van der Waals surface area contributed by atoms with Gasteiger partial charge in [-0.3, -0.25) is 4.79 Å². The average Bonchev–Trinajstić information content (AvgIpc) is 2.39. The molecule has 0 N–H and O–H groups in total. The number of hydrogen-bond acceptors (Lipinski definition) is 2. The minimum atomic E-state index is -0.0254. The van der Waals surface area contributed by atoms with Gasteiger partial charge in [0.1, 0.15) is 11.3 Å². The van der Waals surface area contributed by atoms with Crippen LogP contribution in [0.25, 0.3) is 22.3 Å². The van der Waals surface area contributed by atoms with Crippen molar-refractivity contribution in [1.82, 2.24) is 0 Å². The van der Waals surface area contributed by atoms with Gasteiger partial charge in [-0.1, -0.05) is 46.3 Å². The highest BCUT2D eigenvalue weighted by Crippen LogP contribution is 2.28. The SMILES string of the molecule is O=c1cc(-c2ccccc2Br)oc2ccccc12. The van der Waals surface area contributed by atoms with E-state index in [1.165, 1.54) is 6.07 Å². The van der Waals surface area contributed by atoms with E-state index < -0.39 is 0 Å². The van der Waals surface area contributed by atoms with Gasteiger partial charge < -0.3 is 4.42 Å². The molecule has 3 heteroatoms. The van der Waals surface area contributed by atoms with Gasteiger partial charge in [-0.05, 0) is 18.2 Å². The summed E-state index contributed by atoms with van der Waals surface area (Å²) in [6.07, 6.45) is 0. The molecule has 0 aliphatic rings. The van der Waals surface area contributed by atoms with Crippen LogP contribution >= 0.6 is 15.9 Å².